The molecule has 3 aliphatic rings. The Bertz CT molecular complexity index is 3350. The minimum Gasteiger partial charge on any atom is -0.497 e. The lowest BCUT2D eigenvalue weighted by molar-refractivity contribution is 0.0592. The molecule has 12 rings (SSSR count). The molecule has 2 heterocycles. The van der Waals surface area contributed by atoms with Gasteiger partial charge >= 0.3 is 11.9 Å². The number of hydroxylamine groups is 1. The van der Waals surface area contributed by atoms with Gasteiger partial charge in [-0.15, -0.1) is 0 Å². The van der Waals surface area contributed by atoms with Crippen molar-refractivity contribution in [3.8, 4) is 5.75 Å². The van der Waals surface area contributed by atoms with E-state index in [1.165, 1.54) is 70.1 Å². The van der Waals surface area contributed by atoms with Crippen LogP contribution in [0.1, 0.15) is 86.7 Å². The molecule has 0 saturated heterocycles. The SMILES string of the molecule is C1=Cc2ccccc2Cc2ccccc21.COC(=O)c1ccc(CN2c3ccccc3C=Cc3ccccc32)cc1.COC(=O)c1ccc(OC)cc1.O=C(NO)c1ccc(CN2c3ccccc3C=Cc3ccccc32)cc1. The summed E-state index contributed by atoms with van der Waals surface area (Å²) in [4.78, 5) is 38.7. The van der Waals surface area contributed by atoms with E-state index >= 15 is 0 Å². The minimum atomic E-state index is -0.508. The molecule has 1 aliphatic carbocycles. The average Bonchev–Trinajstić information content (AvgIpc) is 3.91. The predicted octanol–water partition coefficient (Wildman–Crippen LogP) is 15.2. The first-order chi connectivity index (χ1) is 38.7. The van der Waals surface area contributed by atoms with Crippen LogP contribution in [0.15, 0.2) is 218 Å². The van der Waals surface area contributed by atoms with Crippen molar-refractivity contribution in [2.45, 2.75) is 19.5 Å². The third-order valence-corrected chi connectivity index (χ3v) is 13.6. The van der Waals surface area contributed by atoms with Crippen LogP contribution < -0.4 is 20.0 Å². The number of carbonyl (C=O) groups is 3. The molecule has 79 heavy (non-hydrogen) atoms. The Morgan fingerprint density at radius 3 is 1.04 bits per heavy atom. The molecule has 0 aromatic heterocycles. The van der Waals surface area contributed by atoms with E-state index in [0.717, 1.165) is 41.2 Å². The molecule has 0 radical (unpaired) electrons. The Balaban J connectivity index is 0.000000134. The Labute approximate surface area is 461 Å². The lowest BCUT2D eigenvalue weighted by atomic mass is 10.0. The number of para-hydroxylation sites is 4. The molecule has 10 heteroatoms. The van der Waals surface area contributed by atoms with Gasteiger partial charge in [0.15, 0.2) is 0 Å². The molecule has 10 nitrogen and oxygen atoms in total. The van der Waals surface area contributed by atoms with Crippen molar-refractivity contribution in [2.75, 3.05) is 31.1 Å². The number of fused-ring (bicyclic) bond motifs is 6. The van der Waals surface area contributed by atoms with Crippen molar-refractivity contribution < 1.29 is 33.8 Å². The summed E-state index contributed by atoms with van der Waals surface area (Å²) in [5, 5.41) is 8.75. The van der Waals surface area contributed by atoms with Crippen LogP contribution in [0.25, 0.3) is 36.5 Å². The number of hydrogen-bond donors (Lipinski definition) is 2. The third-order valence-electron chi connectivity index (χ3n) is 13.6. The maximum absolute atomic E-state index is 11.6. The van der Waals surface area contributed by atoms with Crippen LogP contribution in [0.4, 0.5) is 22.7 Å². The first kappa shape index (κ1) is 53.8. The van der Waals surface area contributed by atoms with Gasteiger partial charge in [-0.2, -0.15) is 0 Å². The van der Waals surface area contributed by atoms with Gasteiger partial charge in [-0.3, -0.25) is 10.0 Å². The maximum Gasteiger partial charge on any atom is 0.337 e. The number of anilines is 4. The van der Waals surface area contributed by atoms with Gasteiger partial charge < -0.3 is 24.0 Å². The van der Waals surface area contributed by atoms with Crippen molar-refractivity contribution in [2.24, 2.45) is 0 Å². The van der Waals surface area contributed by atoms with E-state index in [1.54, 1.807) is 49.0 Å². The fourth-order valence-electron chi connectivity index (χ4n) is 9.46. The van der Waals surface area contributed by atoms with Crippen LogP contribution in [0.2, 0.25) is 0 Å². The van der Waals surface area contributed by atoms with Crippen molar-refractivity contribution in [3.05, 3.63) is 291 Å². The van der Waals surface area contributed by atoms with Gasteiger partial charge in [0.25, 0.3) is 5.91 Å². The summed E-state index contributed by atoms with van der Waals surface area (Å²) < 4.78 is 14.2. The molecular weight excluding hydrogens is 983 g/mol. The van der Waals surface area contributed by atoms with E-state index < -0.39 is 5.91 Å². The van der Waals surface area contributed by atoms with Gasteiger partial charge in [-0.25, -0.2) is 15.1 Å². The first-order valence-corrected chi connectivity index (χ1v) is 25.8. The number of rotatable bonds is 8. The number of nitrogens with zero attached hydrogens (tertiary/aromatic N) is 2. The van der Waals surface area contributed by atoms with Gasteiger partial charge in [-0.1, -0.05) is 182 Å². The molecule has 2 aliphatic heterocycles. The summed E-state index contributed by atoms with van der Waals surface area (Å²) in [7, 11) is 4.33. The highest BCUT2D eigenvalue weighted by molar-refractivity contribution is 5.94. The molecule has 0 atom stereocenters. The Morgan fingerprint density at radius 2 is 0.696 bits per heavy atom. The summed E-state index contributed by atoms with van der Waals surface area (Å²) in [6.45, 7) is 1.40. The zero-order chi connectivity index (χ0) is 54.9. The van der Waals surface area contributed by atoms with Crippen LogP contribution in [-0.4, -0.2) is 44.4 Å². The number of hydrogen-bond acceptors (Lipinski definition) is 9. The molecular formula is C69H59N3O7. The lowest BCUT2D eigenvalue weighted by Gasteiger charge is -2.27. The predicted molar refractivity (Wildman–Crippen MR) is 318 cm³/mol. The standard InChI is InChI=1S/C23H19NO2.C22H18N2O2.C15H12.C9H10O3/c1-26-23(25)20-12-10-17(11-13-20)16-24-21-8-4-2-6-18(21)14-15-19-7-3-5-9-22(19)24;25-22(23-26)19-11-9-16(10-12-19)15-24-20-7-3-1-5-17(20)13-14-18-6-2-4-8-21(18)24;1-3-7-14-11-15-8-4-2-6-13(15)10-9-12(14)5-1;1-11-8-5-3-7(4-6-8)9(10)12-2/h2-15H,16H2,1H3;1-14,26H,15H2,(H,23,25);1-10H,11H2;3-6H,1-2H3. The van der Waals surface area contributed by atoms with E-state index in [0.29, 0.717) is 23.2 Å². The third kappa shape index (κ3) is 13.3. The second-order valence-corrected chi connectivity index (χ2v) is 18.5. The molecule has 392 valence electrons. The number of nitrogens with one attached hydrogen (secondary N) is 1. The zero-order valence-electron chi connectivity index (χ0n) is 44.2. The molecule has 0 fully saturated rings. The highest BCUT2D eigenvalue weighted by Gasteiger charge is 2.20. The van der Waals surface area contributed by atoms with Crippen LogP contribution in [0, 0.1) is 0 Å². The normalized spacial score (nSPS) is 11.8. The summed E-state index contributed by atoms with van der Waals surface area (Å²) >= 11 is 0. The number of methoxy groups -OCH3 is 3. The Hall–Kier alpha value is -10.0. The first-order valence-electron chi connectivity index (χ1n) is 25.8. The number of ether oxygens (including phenoxy) is 3. The van der Waals surface area contributed by atoms with Crippen LogP contribution in [-0.2, 0) is 29.0 Å². The summed E-state index contributed by atoms with van der Waals surface area (Å²) in [6.07, 6.45) is 14.1. The van der Waals surface area contributed by atoms with E-state index in [-0.39, 0.29) is 11.9 Å². The topological polar surface area (TPSA) is 118 Å². The second kappa shape index (κ2) is 26.1. The molecule has 0 spiro atoms. The molecule has 0 bridgehead atoms. The summed E-state index contributed by atoms with van der Waals surface area (Å²) in [6, 6.07) is 72.2. The highest BCUT2D eigenvalue weighted by atomic mass is 16.5. The van der Waals surface area contributed by atoms with Gasteiger partial charge in [0.1, 0.15) is 5.75 Å². The van der Waals surface area contributed by atoms with E-state index in [4.69, 9.17) is 14.7 Å². The van der Waals surface area contributed by atoms with Crippen LogP contribution in [0.3, 0.4) is 0 Å². The van der Waals surface area contributed by atoms with E-state index in [2.05, 4.69) is 172 Å². The van der Waals surface area contributed by atoms with Crippen molar-refractivity contribution in [3.63, 3.8) is 0 Å². The van der Waals surface area contributed by atoms with Crippen LogP contribution >= 0.6 is 0 Å². The van der Waals surface area contributed by atoms with Gasteiger partial charge in [0.05, 0.1) is 32.5 Å². The van der Waals surface area contributed by atoms with Gasteiger partial charge in [0, 0.05) is 41.4 Å². The summed E-state index contributed by atoms with van der Waals surface area (Å²) in [5.74, 6) is -0.433. The Kier molecular flexibility index (Phi) is 17.8. The zero-order valence-corrected chi connectivity index (χ0v) is 44.2. The largest absolute Gasteiger partial charge is 0.497 e. The quantitative estimate of drug-likeness (QED) is 0.0871. The lowest BCUT2D eigenvalue weighted by Crippen LogP contribution is -2.19. The molecule has 2 N–H and O–H groups in total. The van der Waals surface area contributed by atoms with E-state index in [9.17, 15) is 14.4 Å². The fourth-order valence-corrected chi connectivity index (χ4v) is 9.46. The Morgan fingerprint density at radius 1 is 0.392 bits per heavy atom. The monoisotopic (exact) mass is 1040 g/mol. The molecule has 0 saturated carbocycles. The smallest absolute Gasteiger partial charge is 0.337 e. The van der Waals surface area contributed by atoms with Crippen molar-refractivity contribution in [1.82, 2.24) is 5.48 Å². The van der Waals surface area contributed by atoms with Crippen LogP contribution in [0.5, 0.6) is 5.75 Å². The fraction of sp³-hybridized carbons (Fsp3) is 0.0870. The van der Waals surface area contributed by atoms with Crippen molar-refractivity contribution >= 4 is 77.1 Å². The second-order valence-electron chi connectivity index (χ2n) is 18.5. The highest BCUT2D eigenvalue weighted by Crippen LogP contribution is 2.39. The molecule has 9 aromatic rings. The number of amides is 1. The van der Waals surface area contributed by atoms with Gasteiger partial charge in [0.2, 0.25) is 0 Å². The summed E-state index contributed by atoms with van der Waals surface area (Å²) in [5.41, 5.74) is 20.2. The molecule has 9 aromatic carbocycles. The number of esters is 2. The average molecular weight is 1040 g/mol. The van der Waals surface area contributed by atoms with E-state index in [1.807, 2.05) is 60.7 Å². The number of carbonyl (C=O) groups excluding carboxylic acids is 3. The molecule has 1 amide bonds. The molecule has 0 unspecified atom stereocenters. The minimum absolute atomic E-state index is 0.314. The van der Waals surface area contributed by atoms with Gasteiger partial charge in [-0.05, 0) is 135 Å². The maximum atomic E-state index is 11.6. The number of benzene rings is 9. The van der Waals surface area contributed by atoms with Crippen molar-refractivity contribution in [1.29, 1.82) is 0 Å².